The number of aromatic nitrogens is 2. The molecule has 1 aromatic heterocycles. The van der Waals surface area contributed by atoms with Crippen LogP contribution >= 0.6 is 7.92 Å². The van der Waals surface area contributed by atoms with Crippen LogP contribution in [-0.4, -0.2) is 9.97 Å². The van der Waals surface area contributed by atoms with Crippen molar-refractivity contribution in [3.05, 3.63) is 110 Å². The second kappa shape index (κ2) is 10.8. The predicted molar refractivity (Wildman–Crippen MR) is 104 cm³/mol. The molecule has 0 spiro atoms. The Bertz CT molecular complexity index is 695. The zero-order valence-corrected chi connectivity index (χ0v) is 16.6. The van der Waals surface area contributed by atoms with Crippen molar-refractivity contribution in [3.63, 3.8) is 0 Å². The third-order valence-electron chi connectivity index (χ3n) is 3.45. The Hall–Kier alpha value is -1.96. The van der Waals surface area contributed by atoms with E-state index in [1.54, 1.807) is 18.7 Å². The van der Waals surface area contributed by atoms with E-state index in [1.165, 1.54) is 15.9 Å². The number of nitrogens with one attached hydrogen (secondary N) is 1. The van der Waals surface area contributed by atoms with E-state index in [0.29, 0.717) is 0 Å². The van der Waals surface area contributed by atoms with Crippen LogP contribution in [-0.2, 0) is 22.4 Å². The van der Waals surface area contributed by atoms with Crippen LogP contribution in [0.5, 0.6) is 0 Å². The summed E-state index contributed by atoms with van der Waals surface area (Å²) in [5, 5.41) is 4.19. The Kier molecular flexibility index (Phi) is 8.38. The summed E-state index contributed by atoms with van der Waals surface area (Å²) in [6, 6.07) is 32.3. The summed E-state index contributed by atoms with van der Waals surface area (Å²) < 4.78 is 0. The van der Waals surface area contributed by atoms with Crippen molar-refractivity contribution in [1.82, 2.24) is 9.97 Å². The van der Waals surface area contributed by atoms with Gasteiger partial charge in [0.2, 0.25) is 0 Å². The average Bonchev–Trinajstić information content (AvgIpc) is 3.25. The molecule has 25 heavy (non-hydrogen) atoms. The standard InChI is InChI=1S/C18H15P.C3H4N2.Au/c1-4-10-16(11-5-1)19(17-12-6-2-7-13-17)18-14-8-3-9-15-18;1-2-5-3-4-1;/h1-15H;1-3H,(H,4,5);. The first-order chi connectivity index (χ1) is 11.9. The van der Waals surface area contributed by atoms with E-state index < -0.39 is 7.92 Å². The fourth-order valence-electron chi connectivity index (χ4n) is 2.39. The molecular weight excluding hydrogens is 508 g/mol. The first-order valence-electron chi connectivity index (χ1n) is 7.83. The number of imidazole rings is 1. The molecule has 4 rings (SSSR count). The quantitative estimate of drug-likeness (QED) is 0.319. The van der Waals surface area contributed by atoms with E-state index >= 15 is 0 Å². The number of rotatable bonds is 3. The molecule has 0 atom stereocenters. The van der Waals surface area contributed by atoms with Crippen molar-refractivity contribution in [2.75, 3.05) is 0 Å². The Balaban J connectivity index is 0.000000325. The summed E-state index contributed by atoms with van der Waals surface area (Å²) in [5.74, 6) is 0. The van der Waals surface area contributed by atoms with Crippen molar-refractivity contribution in [3.8, 4) is 0 Å². The van der Waals surface area contributed by atoms with Crippen LogP contribution in [0.4, 0.5) is 0 Å². The normalized spacial score (nSPS) is 9.64. The molecule has 4 heteroatoms. The Labute approximate surface area is 165 Å². The fourth-order valence-corrected chi connectivity index (χ4v) is 4.70. The first-order valence-corrected chi connectivity index (χ1v) is 9.17. The Morgan fingerprint density at radius 3 is 1.24 bits per heavy atom. The molecule has 0 fully saturated rings. The van der Waals surface area contributed by atoms with Crippen LogP contribution in [0.25, 0.3) is 0 Å². The van der Waals surface area contributed by atoms with Crippen LogP contribution in [0.2, 0.25) is 0 Å². The molecule has 0 saturated carbocycles. The largest absolute Gasteiger partial charge is 0.351 e. The van der Waals surface area contributed by atoms with Crippen molar-refractivity contribution < 1.29 is 22.4 Å². The summed E-state index contributed by atoms with van der Waals surface area (Å²) in [4.78, 5) is 6.42. The molecule has 0 bridgehead atoms. The molecule has 0 aliphatic heterocycles. The van der Waals surface area contributed by atoms with Gasteiger partial charge in [-0.15, -0.1) is 0 Å². The van der Waals surface area contributed by atoms with Gasteiger partial charge in [0.25, 0.3) is 0 Å². The molecule has 4 aromatic rings. The Morgan fingerprint density at radius 1 is 0.600 bits per heavy atom. The smallest absolute Gasteiger partial charge is 0.0919 e. The van der Waals surface area contributed by atoms with E-state index in [1.807, 2.05) is 0 Å². The van der Waals surface area contributed by atoms with Crippen molar-refractivity contribution in [1.29, 1.82) is 0 Å². The maximum absolute atomic E-state index is 3.67. The van der Waals surface area contributed by atoms with Gasteiger partial charge in [-0.1, -0.05) is 91.0 Å². The summed E-state index contributed by atoms with van der Waals surface area (Å²) >= 11 is 0. The van der Waals surface area contributed by atoms with Crippen LogP contribution < -0.4 is 15.9 Å². The molecule has 3 aromatic carbocycles. The van der Waals surface area contributed by atoms with Crippen LogP contribution in [0, 0.1) is 0 Å². The number of benzene rings is 3. The Morgan fingerprint density at radius 2 is 1.00 bits per heavy atom. The SMILES string of the molecule is [Au].c1c[nH]cn1.c1ccc(P(c2ccccc2)c2ccccc2)cc1. The van der Waals surface area contributed by atoms with E-state index in [9.17, 15) is 0 Å². The minimum Gasteiger partial charge on any atom is -0.351 e. The second-order valence-electron chi connectivity index (χ2n) is 5.10. The maximum Gasteiger partial charge on any atom is 0.0919 e. The number of H-pyrrole nitrogens is 1. The van der Waals surface area contributed by atoms with Gasteiger partial charge in [-0.25, -0.2) is 4.98 Å². The van der Waals surface area contributed by atoms with E-state index in [0.717, 1.165) is 0 Å². The van der Waals surface area contributed by atoms with Crippen LogP contribution in [0.3, 0.4) is 0 Å². The van der Waals surface area contributed by atoms with Crippen LogP contribution in [0.15, 0.2) is 110 Å². The minimum absolute atomic E-state index is 0. The van der Waals surface area contributed by atoms with E-state index in [2.05, 4.69) is 101 Å². The molecule has 0 saturated heterocycles. The molecule has 0 aliphatic rings. The number of aromatic amines is 1. The van der Waals surface area contributed by atoms with Gasteiger partial charge in [-0.2, -0.15) is 0 Å². The average molecular weight is 527 g/mol. The van der Waals surface area contributed by atoms with Gasteiger partial charge in [0.1, 0.15) is 0 Å². The predicted octanol–water partition coefficient (Wildman–Crippen LogP) is 3.85. The van der Waals surface area contributed by atoms with Gasteiger partial charge in [-0.3, -0.25) is 0 Å². The molecule has 0 aliphatic carbocycles. The fraction of sp³-hybridized carbons (Fsp3) is 0. The number of hydrogen-bond acceptors (Lipinski definition) is 1. The zero-order chi connectivity index (χ0) is 16.5. The molecular formula is C21H19AuN2P. The second-order valence-corrected chi connectivity index (χ2v) is 7.32. The van der Waals surface area contributed by atoms with Gasteiger partial charge in [-0.05, 0) is 23.8 Å². The molecule has 0 amide bonds. The molecule has 1 heterocycles. The third-order valence-corrected chi connectivity index (χ3v) is 5.89. The number of nitrogens with zero attached hydrogens (tertiary/aromatic N) is 1. The minimum atomic E-state index is -0.446. The van der Waals surface area contributed by atoms with E-state index in [4.69, 9.17) is 0 Å². The summed E-state index contributed by atoms with van der Waals surface area (Å²) in [6.07, 6.45) is 5.08. The van der Waals surface area contributed by atoms with Gasteiger partial charge in [0.05, 0.1) is 6.33 Å². The summed E-state index contributed by atoms with van der Waals surface area (Å²) in [7, 11) is -0.446. The summed E-state index contributed by atoms with van der Waals surface area (Å²) in [6.45, 7) is 0. The van der Waals surface area contributed by atoms with Gasteiger partial charge < -0.3 is 4.98 Å². The van der Waals surface area contributed by atoms with Crippen molar-refractivity contribution >= 4 is 23.8 Å². The van der Waals surface area contributed by atoms with Gasteiger partial charge >= 0.3 is 0 Å². The molecule has 2 nitrogen and oxygen atoms in total. The maximum atomic E-state index is 3.67. The van der Waals surface area contributed by atoms with Crippen molar-refractivity contribution in [2.45, 2.75) is 0 Å². The summed E-state index contributed by atoms with van der Waals surface area (Å²) in [5.41, 5.74) is 0. The third kappa shape index (κ3) is 5.81. The van der Waals surface area contributed by atoms with Crippen LogP contribution in [0.1, 0.15) is 0 Å². The molecule has 1 radical (unpaired) electrons. The van der Waals surface area contributed by atoms with Gasteiger partial charge in [0, 0.05) is 34.8 Å². The zero-order valence-electron chi connectivity index (χ0n) is 13.6. The number of hydrogen-bond donors (Lipinski definition) is 1. The van der Waals surface area contributed by atoms with Gasteiger partial charge in [0.15, 0.2) is 0 Å². The molecule has 129 valence electrons. The van der Waals surface area contributed by atoms with Crippen molar-refractivity contribution in [2.24, 2.45) is 0 Å². The monoisotopic (exact) mass is 527 g/mol. The molecule has 0 unspecified atom stereocenters. The first kappa shape index (κ1) is 19.4. The molecule has 1 N–H and O–H groups in total. The topological polar surface area (TPSA) is 28.7 Å². The van der Waals surface area contributed by atoms with E-state index in [-0.39, 0.29) is 22.4 Å².